The average molecular weight is 357 g/mol. The number of rotatable bonds is 2. The summed E-state index contributed by atoms with van der Waals surface area (Å²) in [7, 11) is 0. The first-order chi connectivity index (χ1) is 12.7. The van der Waals surface area contributed by atoms with Gasteiger partial charge in [-0.1, -0.05) is 39.0 Å². The van der Waals surface area contributed by atoms with E-state index in [1.807, 2.05) is 13.1 Å². The summed E-state index contributed by atoms with van der Waals surface area (Å²) < 4.78 is 6.14. The van der Waals surface area contributed by atoms with Gasteiger partial charge in [-0.25, -0.2) is 0 Å². The van der Waals surface area contributed by atoms with Crippen molar-refractivity contribution < 1.29 is 4.42 Å². The van der Waals surface area contributed by atoms with Crippen molar-refractivity contribution in [2.24, 2.45) is 5.41 Å². The molecule has 0 amide bonds. The molecule has 0 N–H and O–H groups in total. The Morgan fingerprint density at radius 3 is 2.44 bits per heavy atom. The van der Waals surface area contributed by atoms with E-state index in [4.69, 9.17) is 9.40 Å². The van der Waals surface area contributed by atoms with Crippen LogP contribution in [0.2, 0.25) is 0 Å². The average Bonchev–Trinajstić information content (AvgIpc) is 2.87. The van der Waals surface area contributed by atoms with E-state index < -0.39 is 0 Å². The van der Waals surface area contributed by atoms with Crippen molar-refractivity contribution >= 4 is 21.7 Å². The molecule has 0 saturated heterocycles. The van der Waals surface area contributed by atoms with Gasteiger partial charge >= 0.3 is 0 Å². The molecule has 2 aromatic carbocycles. The molecule has 0 atom stereocenters. The quantitative estimate of drug-likeness (QED) is 0.380. The molecule has 0 aliphatic heterocycles. The zero-order valence-corrected chi connectivity index (χ0v) is 17.1. The Morgan fingerprint density at radius 2 is 1.70 bits per heavy atom. The van der Waals surface area contributed by atoms with Gasteiger partial charge in [0.25, 0.3) is 0 Å². The lowest BCUT2D eigenvalue weighted by atomic mass is 9.87. The fourth-order valence-corrected chi connectivity index (χ4v) is 3.92. The van der Waals surface area contributed by atoms with Crippen LogP contribution in [0.25, 0.3) is 33.0 Å². The van der Waals surface area contributed by atoms with E-state index in [-0.39, 0.29) is 5.41 Å². The number of pyridine rings is 1. The fourth-order valence-electron chi connectivity index (χ4n) is 3.92. The summed E-state index contributed by atoms with van der Waals surface area (Å²) >= 11 is 0. The molecular formula is C25H27NO. The molecule has 0 radical (unpaired) electrons. The van der Waals surface area contributed by atoms with E-state index in [0.29, 0.717) is 0 Å². The zero-order valence-electron chi connectivity index (χ0n) is 17.1. The van der Waals surface area contributed by atoms with E-state index >= 15 is 0 Å². The molecule has 4 aromatic rings. The number of aromatic nitrogens is 1. The van der Waals surface area contributed by atoms with Crippen molar-refractivity contribution in [1.29, 1.82) is 0 Å². The molecule has 0 unspecified atom stereocenters. The topological polar surface area (TPSA) is 26.0 Å². The summed E-state index contributed by atoms with van der Waals surface area (Å²) in [4.78, 5) is 4.75. The maximum Gasteiger partial charge on any atom is 0.143 e. The van der Waals surface area contributed by atoms with Crippen LogP contribution in [0.3, 0.4) is 0 Å². The van der Waals surface area contributed by atoms with Crippen LogP contribution in [-0.4, -0.2) is 4.98 Å². The Hall–Kier alpha value is -2.61. The van der Waals surface area contributed by atoms with Crippen molar-refractivity contribution in [3.63, 3.8) is 0 Å². The Balaban J connectivity index is 1.95. The zero-order chi connectivity index (χ0) is 19.3. The molecule has 0 spiro atoms. The van der Waals surface area contributed by atoms with Gasteiger partial charge in [0, 0.05) is 22.5 Å². The minimum absolute atomic E-state index is 0.273. The Morgan fingerprint density at radius 1 is 0.926 bits per heavy atom. The first-order valence-electron chi connectivity index (χ1n) is 9.61. The highest BCUT2D eigenvalue weighted by Crippen LogP contribution is 2.37. The number of furan rings is 1. The van der Waals surface area contributed by atoms with Gasteiger partial charge in [0.15, 0.2) is 0 Å². The molecule has 138 valence electrons. The minimum atomic E-state index is 0.273. The summed E-state index contributed by atoms with van der Waals surface area (Å²) in [5.41, 5.74) is 7.09. The maximum atomic E-state index is 6.14. The van der Waals surface area contributed by atoms with E-state index in [1.165, 1.54) is 32.8 Å². The Labute approximate surface area is 161 Å². The third-order valence-electron chi connectivity index (χ3n) is 5.24. The van der Waals surface area contributed by atoms with Crippen LogP contribution in [0.5, 0.6) is 0 Å². The van der Waals surface area contributed by atoms with Gasteiger partial charge in [-0.15, -0.1) is 0 Å². The van der Waals surface area contributed by atoms with Crippen LogP contribution in [0.1, 0.15) is 43.2 Å². The Kier molecular flexibility index (Phi) is 4.10. The molecule has 2 nitrogen and oxygen atoms in total. The monoisotopic (exact) mass is 357 g/mol. The van der Waals surface area contributed by atoms with Crippen molar-refractivity contribution in [2.45, 2.75) is 48.0 Å². The lowest BCUT2D eigenvalue weighted by Crippen LogP contribution is -2.08. The summed E-state index contributed by atoms with van der Waals surface area (Å²) in [6, 6.07) is 13.3. The standard InChI is InChI=1S/C25H27NO/c1-15-11-21-16(2)17(3)27-24(21)22(12-15)23-20-8-7-18(14-25(4,5)6)13-19(20)9-10-26-23/h7-13H,14H2,1-6H3. The van der Waals surface area contributed by atoms with Gasteiger partial charge in [-0.2, -0.15) is 0 Å². The van der Waals surface area contributed by atoms with Crippen molar-refractivity contribution in [2.75, 3.05) is 0 Å². The predicted molar refractivity (Wildman–Crippen MR) is 114 cm³/mol. The van der Waals surface area contributed by atoms with Gasteiger partial charge in [0.2, 0.25) is 0 Å². The van der Waals surface area contributed by atoms with Crippen molar-refractivity contribution in [3.05, 3.63) is 65.0 Å². The largest absolute Gasteiger partial charge is 0.460 e. The van der Waals surface area contributed by atoms with Gasteiger partial charge in [-0.3, -0.25) is 4.98 Å². The maximum absolute atomic E-state index is 6.14. The van der Waals surface area contributed by atoms with Crippen LogP contribution >= 0.6 is 0 Å². The number of fused-ring (bicyclic) bond motifs is 2. The van der Waals surface area contributed by atoms with E-state index in [1.54, 1.807) is 0 Å². The highest BCUT2D eigenvalue weighted by atomic mass is 16.3. The smallest absolute Gasteiger partial charge is 0.143 e. The van der Waals surface area contributed by atoms with Crippen molar-refractivity contribution in [1.82, 2.24) is 4.98 Å². The van der Waals surface area contributed by atoms with Crippen LogP contribution in [0, 0.1) is 26.2 Å². The molecular weight excluding hydrogens is 330 g/mol. The Bertz CT molecular complexity index is 1160. The number of benzene rings is 2. The molecule has 2 heteroatoms. The van der Waals surface area contributed by atoms with E-state index in [0.717, 1.165) is 29.0 Å². The van der Waals surface area contributed by atoms with E-state index in [9.17, 15) is 0 Å². The summed E-state index contributed by atoms with van der Waals surface area (Å²) in [6.45, 7) is 13.1. The molecule has 0 fully saturated rings. The third kappa shape index (κ3) is 3.25. The van der Waals surface area contributed by atoms with Crippen LogP contribution in [-0.2, 0) is 6.42 Å². The van der Waals surface area contributed by atoms with Crippen LogP contribution in [0.15, 0.2) is 47.0 Å². The molecule has 0 aliphatic carbocycles. The van der Waals surface area contributed by atoms with Gasteiger partial charge in [0.1, 0.15) is 11.3 Å². The lowest BCUT2D eigenvalue weighted by Gasteiger charge is -2.18. The second kappa shape index (κ2) is 6.23. The van der Waals surface area contributed by atoms with Crippen LogP contribution in [0.4, 0.5) is 0 Å². The number of hydrogen-bond acceptors (Lipinski definition) is 2. The van der Waals surface area contributed by atoms with Gasteiger partial charge in [-0.05, 0) is 72.9 Å². The van der Waals surface area contributed by atoms with E-state index in [2.05, 4.69) is 71.0 Å². The molecule has 2 heterocycles. The predicted octanol–water partition coefficient (Wildman–Crippen LogP) is 7.16. The third-order valence-corrected chi connectivity index (χ3v) is 5.24. The SMILES string of the molecule is Cc1cc(-c2nccc3cc(CC(C)(C)C)ccc23)c2oc(C)c(C)c2c1. The van der Waals surface area contributed by atoms with Crippen LogP contribution < -0.4 is 0 Å². The van der Waals surface area contributed by atoms with Crippen molar-refractivity contribution in [3.8, 4) is 11.3 Å². The number of nitrogens with zero attached hydrogens (tertiary/aromatic N) is 1. The summed E-state index contributed by atoms with van der Waals surface area (Å²) in [5.74, 6) is 0.976. The first kappa shape index (κ1) is 17.8. The molecule has 2 aromatic heterocycles. The number of hydrogen-bond donors (Lipinski definition) is 0. The fraction of sp³-hybridized carbons (Fsp3) is 0.320. The molecule has 0 bridgehead atoms. The van der Waals surface area contributed by atoms with Gasteiger partial charge < -0.3 is 4.42 Å². The molecule has 27 heavy (non-hydrogen) atoms. The lowest BCUT2D eigenvalue weighted by molar-refractivity contribution is 0.411. The highest BCUT2D eigenvalue weighted by Gasteiger charge is 2.17. The second-order valence-corrected chi connectivity index (χ2v) is 8.92. The molecule has 4 rings (SSSR count). The second-order valence-electron chi connectivity index (χ2n) is 8.92. The summed E-state index contributed by atoms with van der Waals surface area (Å²) in [5, 5.41) is 3.59. The van der Waals surface area contributed by atoms with Gasteiger partial charge in [0.05, 0.1) is 5.69 Å². The molecule has 0 aliphatic rings. The molecule has 0 saturated carbocycles. The normalized spacial score (nSPS) is 12.2. The first-order valence-corrected chi connectivity index (χ1v) is 9.61. The highest BCUT2D eigenvalue weighted by molar-refractivity contribution is 6.03. The summed E-state index contributed by atoms with van der Waals surface area (Å²) in [6.07, 6.45) is 2.97. The number of aryl methyl sites for hydroxylation is 3. The minimum Gasteiger partial charge on any atom is -0.460 e.